The van der Waals surface area contributed by atoms with Gasteiger partial charge in [-0.25, -0.2) is 0 Å². The Morgan fingerprint density at radius 1 is 1.14 bits per heavy atom. The summed E-state index contributed by atoms with van der Waals surface area (Å²) >= 11 is 0. The molecule has 0 aromatic heterocycles. The van der Waals surface area contributed by atoms with Crippen LogP contribution in [0.5, 0.6) is 0 Å². The minimum Gasteiger partial charge on any atom is -0.378 e. The largest absolute Gasteiger partial charge is 0.378 e. The summed E-state index contributed by atoms with van der Waals surface area (Å²) in [6, 6.07) is 0. The molecule has 0 heterocycles. The van der Waals surface area contributed by atoms with Crippen LogP contribution in [0.25, 0.3) is 0 Å². The average Bonchev–Trinajstić information content (AvgIpc) is 2.03. The predicted molar refractivity (Wildman–Crippen MR) is 56.8 cm³/mol. The molecule has 0 saturated heterocycles. The van der Waals surface area contributed by atoms with Gasteiger partial charge in [0.1, 0.15) is 0 Å². The van der Waals surface area contributed by atoms with Gasteiger partial charge in [0, 0.05) is 0 Å². The lowest BCUT2D eigenvalue weighted by Crippen LogP contribution is -2.10. The summed E-state index contributed by atoms with van der Waals surface area (Å²) in [6.07, 6.45) is 0.471. The van der Waals surface area contributed by atoms with Crippen LogP contribution in [0.1, 0.15) is 27.7 Å². The van der Waals surface area contributed by atoms with Crippen LogP contribution >= 0.6 is 7.60 Å². The summed E-state index contributed by atoms with van der Waals surface area (Å²) in [5, 5.41) is 0. The van der Waals surface area contributed by atoms with E-state index >= 15 is 0 Å². The van der Waals surface area contributed by atoms with Crippen LogP contribution in [0.3, 0.4) is 0 Å². The fraction of sp³-hybridized carbons (Fsp3) is 1.00. The molecule has 0 aromatic rings. The molecular formula is C9H21O4P. The molecule has 0 N–H and O–H groups in total. The van der Waals surface area contributed by atoms with Crippen LogP contribution in [0.2, 0.25) is 0 Å². The summed E-state index contributed by atoms with van der Waals surface area (Å²) in [4.78, 5) is 0. The molecule has 0 spiro atoms. The van der Waals surface area contributed by atoms with Gasteiger partial charge in [0.2, 0.25) is 0 Å². The predicted octanol–water partition coefficient (Wildman–Crippen LogP) is 2.68. The zero-order chi connectivity index (χ0) is 11.0. The third kappa shape index (κ3) is 6.55. The quantitative estimate of drug-likeness (QED) is 0.594. The van der Waals surface area contributed by atoms with Gasteiger partial charge in [-0.15, -0.1) is 0 Å². The van der Waals surface area contributed by atoms with Crippen LogP contribution in [0.15, 0.2) is 0 Å². The zero-order valence-corrected chi connectivity index (χ0v) is 10.4. The second-order valence-electron chi connectivity index (χ2n) is 3.09. The molecule has 0 unspecified atom stereocenters. The third-order valence-corrected chi connectivity index (χ3v) is 3.50. The van der Waals surface area contributed by atoms with Crippen molar-refractivity contribution in [2.45, 2.75) is 33.8 Å². The molecule has 0 aliphatic rings. The summed E-state index contributed by atoms with van der Waals surface area (Å²) in [5.74, 6) is 0. The van der Waals surface area contributed by atoms with Crippen molar-refractivity contribution in [3.63, 3.8) is 0 Å². The molecule has 0 aromatic carbocycles. The summed E-state index contributed by atoms with van der Waals surface area (Å²) in [6.45, 7) is 8.69. The van der Waals surface area contributed by atoms with E-state index < -0.39 is 7.60 Å². The number of hydrogen-bond donors (Lipinski definition) is 0. The van der Waals surface area contributed by atoms with Crippen LogP contribution in [0.4, 0.5) is 0 Å². The monoisotopic (exact) mass is 224 g/mol. The van der Waals surface area contributed by atoms with Gasteiger partial charge in [-0.2, -0.15) is 0 Å². The van der Waals surface area contributed by atoms with Crippen molar-refractivity contribution in [1.29, 1.82) is 0 Å². The van der Waals surface area contributed by atoms with Gasteiger partial charge in [-0.05, 0) is 27.7 Å². The Labute approximate surface area is 86.5 Å². The van der Waals surface area contributed by atoms with Crippen molar-refractivity contribution in [2.75, 3.05) is 26.0 Å². The van der Waals surface area contributed by atoms with Crippen molar-refractivity contribution in [3.05, 3.63) is 0 Å². The highest BCUT2D eigenvalue weighted by atomic mass is 31.2. The smallest absolute Gasteiger partial charge is 0.332 e. The first-order valence-corrected chi connectivity index (χ1v) is 6.76. The van der Waals surface area contributed by atoms with Gasteiger partial charge in [-0.3, -0.25) is 4.57 Å². The number of rotatable bonds is 8. The lowest BCUT2D eigenvalue weighted by atomic mass is 10.5. The Bertz CT molecular complexity index is 172. The molecule has 0 aliphatic carbocycles. The molecule has 0 rings (SSSR count). The highest BCUT2D eigenvalue weighted by Gasteiger charge is 2.22. The van der Waals surface area contributed by atoms with E-state index in [2.05, 4.69) is 0 Å². The SMILES string of the molecule is CCOP(=O)(CCOC(C)C)OCC. The van der Waals surface area contributed by atoms with E-state index in [-0.39, 0.29) is 6.10 Å². The first-order chi connectivity index (χ1) is 6.54. The summed E-state index contributed by atoms with van der Waals surface area (Å²) < 4.78 is 27.4. The first kappa shape index (κ1) is 14.1. The standard InChI is InChI=1S/C9H21O4P/c1-5-12-14(10,13-6-2)8-7-11-9(3)4/h9H,5-8H2,1-4H3. The Morgan fingerprint density at radius 3 is 2.00 bits per heavy atom. The molecule has 0 atom stereocenters. The van der Waals surface area contributed by atoms with Crippen LogP contribution in [-0.2, 0) is 18.3 Å². The van der Waals surface area contributed by atoms with Crippen LogP contribution in [0, 0.1) is 0 Å². The molecule has 0 aliphatic heterocycles. The second kappa shape index (κ2) is 7.41. The van der Waals surface area contributed by atoms with E-state index in [0.29, 0.717) is 26.0 Å². The van der Waals surface area contributed by atoms with Crippen LogP contribution in [-0.4, -0.2) is 32.1 Å². The van der Waals surface area contributed by atoms with Crippen molar-refractivity contribution < 1.29 is 18.3 Å². The molecule has 0 saturated carbocycles. The van der Waals surface area contributed by atoms with Gasteiger partial charge >= 0.3 is 7.60 Å². The fourth-order valence-electron chi connectivity index (χ4n) is 0.960. The lowest BCUT2D eigenvalue weighted by Gasteiger charge is -2.17. The van der Waals surface area contributed by atoms with Crippen LogP contribution < -0.4 is 0 Å². The molecule has 14 heavy (non-hydrogen) atoms. The van der Waals surface area contributed by atoms with Gasteiger partial charge in [-0.1, -0.05) is 0 Å². The van der Waals surface area contributed by atoms with E-state index in [9.17, 15) is 4.57 Å². The van der Waals surface area contributed by atoms with E-state index in [4.69, 9.17) is 13.8 Å². The minimum absolute atomic E-state index is 0.145. The molecular weight excluding hydrogens is 203 g/mol. The fourth-order valence-corrected chi connectivity index (χ4v) is 2.41. The minimum atomic E-state index is -2.90. The van der Waals surface area contributed by atoms with Crippen molar-refractivity contribution >= 4 is 7.60 Å². The van der Waals surface area contributed by atoms with E-state index in [1.807, 2.05) is 13.8 Å². The topological polar surface area (TPSA) is 44.8 Å². The molecule has 0 bridgehead atoms. The maximum atomic E-state index is 11.9. The molecule has 0 amide bonds. The molecule has 86 valence electrons. The maximum absolute atomic E-state index is 11.9. The van der Waals surface area contributed by atoms with Gasteiger partial charge < -0.3 is 13.8 Å². The maximum Gasteiger partial charge on any atom is 0.332 e. The van der Waals surface area contributed by atoms with Gasteiger partial charge in [0.05, 0.1) is 32.1 Å². The average molecular weight is 224 g/mol. The summed E-state index contributed by atoms with van der Waals surface area (Å²) in [5.41, 5.74) is 0. The Kier molecular flexibility index (Phi) is 7.47. The van der Waals surface area contributed by atoms with E-state index in [1.165, 1.54) is 0 Å². The number of ether oxygens (including phenoxy) is 1. The molecule has 4 nitrogen and oxygen atoms in total. The third-order valence-electron chi connectivity index (χ3n) is 1.47. The second-order valence-corrected chi connectivity index (χ2v) is 5.28. The Morgan fingerprint density at radius 2 is 1.64 bits per heavy atom. The van der Waals surface area contributed by atoms with E-state index in [1.54, 1.807) is 13.8 Å². The zero-order valence-electron chi connectivity index (χ0n) is 9.49. The van der Waals surface area contributed by atoms with Crippen molar-refractivity contribution in [2.24, 2.45) is 0 Å². The van der Waals surface area contributed by atoms with Crippen molar-refractivity contribution in [1.82, 2.24) is 0 Å². The molecule has 5 heteroatoms. The van der Waals surface area contributed by atoms with Gasteiger partial charge in [0.15, 0.2) is 0 Å². The van der Waals surface area contributed by atoms with Crippen molar-refractivity contribution in [3.8, 4) is 0 Å². The lowest BCUT2D eigenvalue weighted by molar-refractivity contribution is 0.0864. The highest BCUT2D eigenvalue weighted by Crippen LogP contribution is 2.47. The summed E-state index contributed by atoms with van der Waals surface area (Å²) in [7, 11) is -2.90. The number of hydrogen-bond acceptors (Lipinski definition) is 4. The van der Waals surface area contributed by atoms with E-state index in [0.717, 1.165) is 0 Å². The molecule has 0 radical (unpaired) electrons. The first-order valence-electron chi connectivity index (χ1n) is 5.03. The highest BCUT2D eigenvalue weighted by molar-refractivity contribution is 7.53. The Balaban J connectivity index is 3.90. The molecule has 0 fully saturated rings. The van der Waals surface area contributed by atoms with Gasteiger partial charge in [0.25, 0.3) is 0 Å². The Hall–Kier alpha value is 0.110. The normalized spacial score (nSPS) is 12.4.